The predicted molar refractivity (Wildman–Crippen MR) is 104 cm³/mol. The summed E-state index contributed by atoms with van der Waals surface area (Å²) < 4.78 is 4.91. The lowest BCUT2D eigenvalue weighted by atomic mass is 10.1. The molecule has 0 aliphatic rings. The van der Waals surface area contributed by atoms with Crippen LogP contribution in [0.25, 0.3) is 6.08 Å². The first kappa shape index (κ1) is 20.5. The van der Waals surface area contributed by atoms with Crippen molar-refractivity contribution in [1.82, 2.24) is 5.32 Å². The quantitative estimate of drug-likeness (QED) is 0.576. The van der Waals surface area contributed by atoms with Crippen LogP contribution in [0.2, 0.25) is 10.0 Å². The van der Waals surface area contributed by atoms with Gasteiger partial charge < -0.3 is 10.1 Å². The molecule has 0 bridgehead atoms. The van der Waals surface area contributed by atoms with Crippen LogP contribution in [0.5, 0.6) is 0 Å². The van der Waals surface area contributed by atoms with Crippen molar-refractivity contribution in [2.24, 2.45) is 0 Å². The smallest absolute Gasteiger partial charge is 0.331 e. The van der Waals surface area contributed by atoms with E-state index < -0.39 is 18.5 Å². The van der Waals surface area contributed by atoms with Crippen molar-refractivity contribution in [2.75, 3.05) is 6.61 Å². The molecule has 1 N–H and O–H groups in total. The Morgan fingerprint density at radius 1 is 1.19 bits per heavy atom. The molecule has 0 aliphatic carbocycles. The number of nitrogens with zero attached hydrogens (tertiary/aromatic N) is 1. The van der Waals surface area contributed by atoms with E-state index in [9.17, 15) is 9.59 Å². The minimum atomic E-state index is -0.642. The van der Waals surface area contributed by atoms with Crippen molar-refractivity contribution in [3.63, 3.8) is 0 Å². The fourth-order valence-electron chi connectivity index (χ4n) is 2.17. The number of carbonyl (C=O) groups excluding carboxylic acids is 2. The number of hydrogen-bond acceptors (Lipinski definition) is 4. The summed E-state index contributed by atoms with van der Waals surface area (Å²) in [5.41, 5.74) is 2.05. The lowest BCUT2D eigenvalue weighted by Gasteiger charge is -2.14. The van der Waals surface area contributed by atoms with Gasteiger partial charge in [0.25, 0.3) is 5.91 Å². The molecule has 2 aromatic carbocycles. The molecule has 0 radical (unpaired) electrons. The van der Waals surface area contributed by atoms with Crippen LogP contribution in [0.15, 0.2) is 48.5 Å². The average Bonchev–Trinajstić information content (AvgIpc) is 2.67. The summed E-state index contributed by atoms with van der Waals surface area (Å²) in [5, 5.41) is 12.3. The SMILES string of the molecule is C[C@@H](NC(=O)COC(=O)/C=C/c1ccc(C#N)cc1)c1ccc(Cl)c(Cl)c1. The molecule has 7 heteroatoms. The van der Waals surface area contributed by atoms with Crippen molar-refractivity contribution in [3.8, 4) is 6.07 Å². The Hall–Kier alpha value is -2.81. The zero-order valence-corrected chi connectivity index (χ0v) is 15.9. The van der Waals surface area contributed by atoms with E-state index in [4.69, 9.17) is 33.2 Å². The van der Waals surface area contributed by atoms with E-state index in [0.717, 1.165) is 11.1 Å². The van der Waals surface area contributed by atoms with Crippen LogP contribution in [0.3, 0.4) is 0 Å². The Labute approximate surface area is 167 Å². The Kier molecular flexibility index (Phi) is 7.42. The molecule has 0 aliphatic heterocycles. The molecule has 2 rings (SSSR count). The van der Waals surface area contributed by atoms with Gasteiger partial charge in [-0.05, 0) is 48.4 Å². The molecular weight excluding hydrogens is 387 g/mol. The molecule has 0 aromatic heterocycles. The summed E-state index contributed by atoms with van der Waals surface area (Å²) in [7, 11) is 0. The monoisotopic (exact) mass is 402 g/mol. The molecule has 0 fully saturated rings. The van der Waals surface area contributed by atoms with Crippen LogP contribution >= 0.6 is 23.2 Å². The van der Waals surface area contributed by atoms with Crippen molar-refractivity contribution in [1.29, 1.82) is 5.26 Å². The molecule has 2 aromatic rings. The predicted octanol–water partition coefficient (Wildman–Crippen LogP) is 4.30. The number of benzene rings is 2. The highest BCUT2D eigenvalue weighted by Gasteiger charge is 2.12. The van der Waals surface area contributed by atoms with Gasteiger partial charge in [0.1, 0.15) is 0 Å². The number of nitrogens with one attached hydrogen (secondary N) is 1. The number of halogens is 2. The van der Waals surface area contributed by atoms with E-state index in [2.05, 4.69) is 5.32 Å². The molecule has 1 amide bonds. The zero-order valence-electron chi connectivity index (χ0n) is 14.4. The van der Waals surface area contributed by atoms with E-state index in [1.807, 2.05) is 6.07 Å². The largest absolute Gasteiger partial charge is 0.452 e. The first-order valence-electron chi connectivity index (χ1n) is 7.98. The summed E-state index contributed by atoms with van der Waals surface area (Å²) in [4.78, 5) is 23.6. The van der Waals surface area contributed by atoms with Gasteiger partial charge in [0.2, 0.25) is 0 Å². The Morgan fingerprint density at radius 3 is 2.52 bits per heavy atom. The summed E-state index contributed by atoms with van der Waals surface area (Å²) in [6, 6.07) is 13.5. The second kappa shape index (κ2) is 9.77. The maximum Gasteiger partial charge on any atom is 0.331 e. The molecule has 0 heterocycles. The van der Waals surface area contributed by atoms with E-state index in [0.29, 0.717) is 15.6 Å². The van der Waals surface area contributed by atoms with Crippen molar-refractivity contribution in [3.05, 3.63) is 75.3 Å². The Balaban J connectivity index is 1.81. The minimum absolute atomic E-state index is 0.319. The van der Waals surface area contributed by atoms with Gasteiger partial charge in [0.15, 0.2) is 6.61 Å². The molecule has 0 saturated heterocycles. The van der Waals surface area contributed by atoms with Crippen LogP contribution in [0, 0.1) is 11.3 Å². The van der Waals surface area contributed by atoms with Gasteiger partial charge in [0, 0.05) is 6.08 Å². The van der Waals surface area contributed by atoms with Gasteiger partial charge in [-0.1, -0.05) is 41.4 Å². The maximum absolute atomic E-state index is 11.9. The molecule has 138 valence electrons. The molecule has 5 nitrogen and oxygen atoms in total. The highest BCUT2D eigenvalue weighted by molar-refractivity contribution is 6.42. The van der Waals surface area contributed by atoms with Crippen molar-refractivity contribution < 1.29 is 14.3 Å². The van der Waals surface area contributed by atoms with Crippen molar-refractivity contribution in [2.45, 2.75) is 13.0 Å². The number of esters is 1. The number of carbonyl (C=O) groups is 2. The maximum atomic E-state index is 11.9. The lowest BCUT2D eigenvalue weighted by molar-refractivity contribution is -0.144. The lowest BCUT2D eigenvalue weighted by Crippen LogP contribution is -2.30. The van der Waals surface area contributed by atoms with Gasteiger partial charge in [-0.2, -0.15) is 5.26 Å². The van der Waals surface area contributed by atoms with Crippen LogP contribution in [0.4, 0.5) is 0 Å². The third kappa shape index (κ3) is 6.45. The molecule has 0 unspecified atom stereocenters. The minimum Gasteiger partial charge on any atom is -0.452 e. The van der Waals surface area contributed by atoms with Crippen LogP contribution in [-0.4, -0.2) is 18.5 Å². The standard InChI is InChI=1S/C20H16Cl2N2O3/c1-13(16-7-8-17(21)18(22)10-16)24-19(25)12-27-20(26)9-6-14-2-4-15(11-23)5-3-14/h2-10,13H,12H2,1H3,(H,24,25)/b9-6+/t13-/m1/s1. The number of hydrogen-bond donors (Lipinski definition) is 1. The molecule has 1 atom stereocenters. The van der Waals surface area contributed by atoms with Gasteiger partial charge in [0.05, 0.1) is 27.7 Å². The third-order valence-corrected chi connectivity index (χ3v) is 4.36. The van der Waals surface area contributed by atoms with E-state index in [-0.39, 0.29) is 6.04 Å². The average molecular weight is 403 g/mol. The number of amides is 1. The first-order chi connectivity index (χ1) is 12.9. The van der Waals surface area contributed by atoms with E-state index in [1.165, 1.54) is 6.08 Å². The fraction of sp³-hybridized carbons (Fsp3) is 0.150. The summed E-state index contributed by atoms with van der Waals surface area (Å²) >= 11 is 11.8. The van der Waals surface area contributed by atoms with Crippen molar-refractivity contribution >= 4 is 41.2 Å². The molecule has 27 heavy (non-hydrogen) atoms. The van der Waals surface area contributed by atoms with Gasteiger partial charge in [-0.15, -0.1) is 0 Å². The van der Waals surface area contributed by atoms with E-state index in [1.54, 1.807) is 55.5 Å². The van der Waals surface area contributed by atoms with Crippen LogP contribution in [0.1, 0.15) is 29.7 Å². The molecule has 0 saturated carbocycles. The second-order valence-electron chi connectivity index (χ2n) is 5.64. The number of nitriles is 1. The van der Waals surface area contributed by atoms with Crippen LogP contribution < -0.4 is 5.32 Å². The van der Waals surface area contributed by atoms with E-state index >= 15 is 0 Å². The highest BCUT2D eigenvalue weighted by Crippen LogP contribution is 2.25. The number of rotatable bonds is 6. The van der Waals surface area contributed by atoms with Gasteiger partial charge in [-0.3, -0.25) is 4.79 Å². The molecule has 0 spiro atoms. The zero-order chi connectivity index (χ0) is 19.8. The summed E-state index contributed by atoms with van der Waals surface area (Å²) in [6.07, 6.45) is 2.76. The molecular formula is C20H16Cl2N2O3. The highest BCUT2D eigenvalue weighted by atomic mass is 35.5. The topological polar surface area (TPSA) is 79.2 Å². The summed E-state index contributed by atoms with van der Waals surface area (Å²) in [6.45, 7) is 1.38. The Bertz CT molecular complexity index is 902. The Morgan fingerprint density at radius 2 is 1.89 bits per heavy atom. The second-order valence-corrected chi connectivity index (χ2v) is 6.45. The van der Waals surface area contributed by atoms with Crippen LogP contribution in [-0.2, 0) is 14.3 Å². The summed E-state index contributed by atoms with van der Waals surface area (Å²) in [5.74, 6) is -1.08. The third-order valence-electron chi connectivity index (χ3n) is 3.62. The number of ether oxygens (including phenoxy) is 1. The fourth-order valence-corrected chi connectivity index (χ4v) is 2.47. The normalized spacial score (nSPS) is 11.6. The van der Waals surface area contributed by atoms with Gasteiger partial charge >= 0.3 is 5.97 Å². The van der Waals surface area contributed by atoms with Gasteiger partial charge in [-0.25, -0.2) is 4.79 Å². The first-order valence-corrected chi connectivity index (χ1v) is 8.74.